The lowest BCUT2D eigenvalue weighted by Gasteiger charge is -2.07. The molecule has 1 aromatic carbocycles. The number of aromatic nitrogens is 2. The third-order valence-electron chi connectivity index (χ3n) is 2.76. The summed E-state index contributed by atoms with van der Waals surface area (Å²) in [6, 6.07) is 8.01. The van der Waals surface area contributed by atoms with Gasteiger partial charge >= 0.3 is 0 Å². The number of nitrogens with zero attached hydrogens (tertiary/aromatic N) is 3. The molecular weight excluding hydrogens is 276 g/mol. The van der Waals surface area contributed by atoms with Gasteiger partial charge in [-0.2, -0.15) is 10.4 Å². The van der Waals surface area contributed by atoms with Crippen LogP contribution in [0.4, 0.5) is 0 Å². The summed E-state index contributed by atoms with van der Waals surface area (Å²) in [4.78, 5) is 0.00804. The first-order valence-corrected chi connectivity index (χ1v) is 7.47. The summed E-state index contributed by atoms with van der Waals surface area (Å²) in [5.41, 5.74) is 1.09. The third-order valence-corrected chi connectivity index (χ3v) is 4.28. The van der Waals surface area contributed by atoms with Crippen molar-refractivity contribution in [3.05, 3.63) is 47.8 Å². The van der Waals surface area contributed by atoms with Crippen LogP contribution in [-0.4, -0.2) is 24.7 Å². The van der Waals surface area contributed by atoms with Crippen molar-refractivity contribution in [2.45, 2.75) is 11.3 Å². The van der Waals surface area contributed by atoms with Crippen LogP contribution in [0.3, 0.4) is 0 Å². The second-order valence-electron chi connectivity index (χ2n) is 4.28. The van der Waals surface area contributed by atoms with Crippen molar-refractivity contribution in [2.24, 2.45) is 7.05 Å². The minimum atomic E-state index is -3.67. The van der Waals surface area contributed by atoms with Gasteiger partial charge in [0, 0.05) is 19.8 Å². The molecule has 0 unspecified atom stereocenters. The first-order chi connectivity index (χ1) is 9.53. The van der Waals surface area contributed by atoms with Crippen LogP contribution in [-0.2, 0) is 23.5 Å². The highest BCUT2D eigenvalue weighted by molar-refractivity contribution is 7.89. The largest absolute Gasteiger partial charge is 0.276 e. The van der Waals surface area contributed by atoms with E-state index in [0.717, 1.165) is 5.56 Å². The summed E-state index contributed by atoms with van der Waals surface area (Å²) in [5, 5.41) is 12.9. The molecule has 0 saturated carbocycles. The third kappa shape index (κ3) is 3.23. The Bertz CT molecular complexity index is 744. The van der Waals surface area contributed by atoms with E-state index < -0.39 is 10.0 Å². The van der Waals surface area contributed by atoms with Crippen LogP contribution in [0, 0.1) is 11.3 Å². The fourth-order valence-electron chi connectivity index (χ4n) is 1.80. The Morgan fingerprint density at radius 3 is 2.80 bits per heavy atom. The molecule has 2 aromatic rings. The topological polar surface area (TPSA) is 87.8 Å². The molecule has 0 amide bonds. The summed E-state index contributed by atoms with van der Waals surface area (Å²) in [7, 11) is -1.86. The zero-order valence-electron chi connectivity index (χ0n) is 10.9. The molecule has 1 aromatic heterocycles. The minimum Gasteiger partial charge on any atom is -0.276 e. The first-order valence-electron chi connectivity index (χ1n) is 5.99. The van der Waals surface area contributed by atoms with E-state index >= 15 is 0 Å². The molecule has 6 nitrogen and oxygen atoms in total. The van der Waals surface area contributed by atoms with Crippen molar-refractivity contribution in [2.75, 3.05) is 6.54 Å². The molecule has 0 radical (unpaired) electrons. The van der Waals surface area contributed by atoms with Crippen LogP contribution < -0.4 is 4.72 Å². The zero-order chi connectivity index (χ0) is 14.6. The number of benzene rings is 1. The van der Waals surface area contributed by atoms with Gasteiger partial charge in [0.25, 0.3) is 0 Å². The fourth-order valence-corrected chi connectivity index (χ4v) is 2.99. The molecule has 0 spiro atoms. The number of aryl methyl sites for hydroxylation is 1. The molecule has 20 heavy (non-hydrogen) atoms. The molecule has 0 bridgehead atoms. The summed E-state index contributed by atoms with van der Waals surface area (Å²) in [6.07, 6.45) is 4.07. The maximum Gasteiger partial charge on any atom is 0.241 e. The maximum absolute atomic E-state index is 12.1. The van der Waals surface area contributed by atoms with Crippen molar-refractivity contribution >= 4 is 10.0 Å². The van der Waals surface area contributed by atoms with E-state index in [4.69, 9.17) is 5.26 Å². The summed E-state index contributed by atoms with van der Waals surface area (Å²) in [6.45, 7) is 0.258. The Labute approximate surface area is 117 Å². The zero-order valence-corrected chi connectivity index (χ0v) is 11.8. The minimum absolute atomic E-state index is 0.00804. The van der Waals surface area contributed by atoms with Gasteiger partial charge in [0.1, 0.15) is 6.07 Å². The van der Waals surface area contributed by atoms with Gasteiger partial charge in [-0.15, -0.1) is 0 Å². The number of rotatable bonds is 5. The second kappa shape index (κ2) is 5.86. The molecule has 1 heterocycles. The van der Waals surface area contributed by atoms with Gasteiger partial charge in [-0.3, -0.25) is 4.68 Å². The Kier molecular flexibility index (Phi) is 4.17. The van der Waals surface area contributed by atoms with Crippen LogP contribution in [0.15, 0.2) is 41.6 Å². The fraction of sp³-hybridized carbons (Fsp3) is 0.231. The van der Waals surface area contributed by atoms with E-state index in [2.05, 4.69) is 9.82 Å². The van der Waals surface area contributed by atoms with E-state index in [1.807, 2.05) is 12.3 Å². The quantitative estimate of drug-likeness (QED) is 0.882. The highest BCUT2D eigenvalue weighted by Gasteiger charge is 2.17. The molecule has 0 aliphatic rings. The normalized spacial score (nSPS) is 11.2. The van der Waals surface area contributed by atoms with Crippen LogP contribution in [0.2, 0.25) is 0 Å². The molecule has 0 aliphatic heterocycles. The Hall–Kier alpha value is -2.17. The molecule has 0 saturated heterocycles. The smallest absolute Gasteiger partial charge is 0.241 e. The van der Waals surface area contributed by atoms with Gasteiger partial charge < -0.3 is 0 Å². The molecular formula is C13H14N4O2S. The number of nitrogens with one attached hydrogen (secondary N) is 1. The second-order valence-corrected chi connectivity index (χ2v) is 6.01. The maximum atomic E-state index is 12.1. The van der Waals surface area contributed by atoms with Crippen LogP contribution in [0.5, 0.6) is 0 Å². The van der Waals surface area contributed by atoms with Gasteiger partial charge in [-0.05, 0) is 24.1 Å². The average Bonchev–Trinajstić information content (AvgIpc) is 2.84. The molecule has 7 heteroatoms. The molecule has 0 aliphatic carbocycles. The highest BCUT2D eigenvalue weighted by atomic mass is 32.2. The Morgan fingerprint density at radius 1 is 1.40 bits per heavy atom. The van der Waals surface area contributed by atoms with Crippen LogP contribution in [0.25, 0.3) is 0 Å². The number of hydrogen-bond acceptors (Lipinski definition) is 4. The number of nitriles is 1. The Morgan fingerprint density at radius 2 is 2.15 bits per heavy atom. The van der Waals surface area contributed by atoms with Crippen LogP contribution >= 0.6 is 0 Å². The van der Waals surface area contributed by atoms with Crippen molar-refractivity contribution in [1.82, 2.24) is 14.5 Å². The van der Waals surface area contributed by atoms with E-state index in [1.54, 1.807) is 30.1 Å². The lowest BCUT2D eigenvalue weighted by molar-refractivity contribution is 0.581. The standard InChI is InChI=1S/C13H14N4O2S/c1-17-10-11(9-15-17)6-7-16-20(18,19)13-5-3-2-4-12(13)8-14/h2-5,9-10,16H,6-7H2,1H3. The average molecular weight is 290 g/mol. The van der Waals surface area contributed by atoms with Gasteiger partial charge in [-0.1, -0.05) is 12.1 Å². The molecule has 1 N–H and O–H groups in total. The molecule has 0 atom stereocenters. The van der Waals surface area contributed by atoms with Gasteiger partial charge in [0.2, 0.25) is 10.0 Å². The SMILES string of the molecule is Cn1cc(CCNS(=O)(=O)c2ccccc2C#N)cn1. The van der Waals surface area contributed by atoms with Crippen molar-refractivity contribution in [3.8, 4) is 6.07 Å². The molecule has 0 fully saturated rings. The van der Waals surface area contributed by atoms with Gasteiger partial charge in [0.05, 0.1) is 16.7 Å². The highest BCUT2D eigenvalue weighted by Crippen LogP contribution is 2.13. The van der Waals surface area contributed by atoms with E-state index in [-0.39, 0.29) is 17.0 Å². The number of sulfonamides is 1. The van der Waals surface area contributed by atoms with Gasteiger partial charge in [-0.25, -0.2) is 13.1 Å². The van der Waals surface area contributed by atoms with E-state index in [1.165, 1.54) is 12.1 Å². The van der Waals surface area contributed by atoms with Crippen LogP contribution in [0.1, 0.15) is 11.1 Å². The summed E-state index contributed by atoms with van der Waals surface area (Å²) in [5.74, 6) is 0. The molecule has 2 rings (SSSR count). The van der Waals surface area contributed by atoms with E-state index in [9.17, 15) is 8.42 Å². The summed E-state index contributed by atoms with van der Waals surface area (Å²) >= 11 is 0. The predicted molar refractivity (Wildman–Crippen MR) is 73.3 cm³/mol. The first kappa shape index (κ1) is 14.2. The predicted octanol–water partition coefficient (Wildman–Crippen LogP) is 0.813. The van der Waals surface area contributed by atoms with Crippen molar-refractivity contribution in [1.29, 1.82) is 5.26 Å². The lowest BCUT2D eigenvalue weighted by atomic mass is 10.2. The molecule has 104 valence electrons. The van der Waals surface area contributed by atoms with E-state index in [0.29, 0.717) is 6.42 Å². The summed E-state index contributed by atoms with van der Waals surface area (Å²) < 4.78 is 28.4. The lowest BCUT2D eigenvalue weighted by Crippen LogP contribution is -2.26. The number of hydrogen-bond donors (Lipinski definition) is 1. The monoisotopic (exact) mass is 290 g/mol. The Balaban J connectivity index is 2.06. The van der Waals surface area contributed by atoms with Crippen molar-refractivity contribution < 1.29 is 8.42 Å². The van der Waals surface area contributed by atoms with Crippen molar-refractivity contribution in [3.63, 3.8) is 0 Å². The van der Waals surface area contributed by atoms with Gasteiger partial charge in [0.15, 0.2) is 0 Å².